The highest BCUT2D eigenvalue weighted by Crippen LogP contribution is 2.16. The van der Waals surface area contributed by atoms with E-state index in [1.54, 1.807) is 43.3 Å². The fourth-order valence-corrected chi connectivity index (χ4v) is 2.83. The van der Waals surface area contributed by atoms with Gasteiger partial charge in [0, 0.05) is 24.2 Å². The maximum absolute atomic E-state index is 12.6. The van der Waals surface area contributed by atoms with Crippen LogP contribution in [-0.4, -0.2) is 40.8 Å². The van der Waals surface area contributed by atoms with Crippen molar-refractivity contribution in [1.82, 2.24) is 4.90 Å². The van der Waals surface area contributed by atoms with E-state index in [1.807, 2.05) is 24.3 Å². The third-order valence-corrected chi connectivity index (χ3v) is 4.50. The maximum Gasteiger partial charge on any atom is 0.305 e. The SMILES string of the molecule is C=CCN(CCC(=O)O)C(=O)/C(C)=C/c1ccc(COc2ccc(C(=N)N)cc2)cc1. The third kappa shape index (κ3) is 7.47. The summed E-state index contributed by atoms with van der Waals surface area (Å²) >= 11 is 0. The highest BCUT2D eigenvalue weighted by atomic mass is 16.5. The molecule has 31 heavy (non-hydrogen) atoms. The molecular formula is C24H27N3O4. The summed E-state index contributed by atoms with van der Waals surface area (Å²) in [7, 11) is 0. The molecule has 0 aliphatic rings. The average Bonchev–Trinajstić information content (AvgIpc) is 2.75. The lowest BCUT2D eigenvalue weighted by Gasteiger charge is -2.20. The number of amidine groups is 1. The first-order chi connectivity index (χ1) is 14.8. The Morgan fingerprint density at radius 2 is 1.81 bits per heavy atom. The smallest absolute Gasteiger partial charge is 0.305 e. The minimum Gasteiger partial charge on any atom is -0.489 e. The van der Waals surface area contributed by atoms with Crippen molar-refractivity contribution in [1.29, 1.82) is 5.41 Å². The maximum atomic E-state index is 12.6. The lowest BCUT2D eigenvalue weighted by Crippen LogP contribution is -2.33. The van der Waals surface area contributed by atoms with Gasteiger partial charge in [0.05, 0.1) is 6.42 Å². The van der Waals surface area contributed by atoms with Gasteiger partial charge in [0.1, 0.15) is 18.2 Å². The summed E-state index contributed by atoms with van der Waals surface area (Å²) in [6.45, 7) is 6.14. The van der Waals surface area contributed by atoms with Crippen LogP contribution in [0.15, 0.2) is 66.8 Å². The summed E-state index contributed by atoms with van der Waals surface area (Å²) in [5.41, 5.74) is 8.42. The first-order valence-electron chi connectivity index (χ1n) is 9.76. The van der Waals surface area contributed by atoms with Crippen molar-refractivity contribution in [2.75, 3.05) is 13.1 Å². The molecule has 0 saturated heterocycles. The van der Waals surface area contributed by atoms with Crippen molar-refractivity contribution in [2.24, 2.45) is 5.73 Å². The van der Waals surface area contributed by atoms with Gasteiger partial charge in [0.2, 0.25) is 5.91 Å². The van der Waals surface area contributed by atoms with Crippen LogP contribution in [0.2, 0.25) is 0 Å². The van der Waals surface area contributed by atoms with Gasteiger partial charge in [-0.15, -0.1) is 6.58 Å². The van der Waals surface area contributed by atoms with Gasteiger partial charge >= 0.3 is 5.97 Å². The first kappa shape index (κ1) is 23.4. The number of benzene rings is 2. The Labute approximate surface area is 182 Å². The number of amides is 1. The second-order valence-electron chi connectivity index (χ2n) is 6.98. The van der Waals surface area contributed by atoms with Crippen LogP contribution in [0.4, 0.5) is 0 Å². The van der Waals surface area contributed by atoms with E-state index in [9.17, 15) is 9.59 Å². The molecule has 0 aromatic heterocycles. The predicted octanol–water partition coefficient (Wildman–Crippen LogP) is 3.44. The molecule has 0 spiro atoms. The standard InChI is InChI=1S/C24H27N3O4/c1-3-13-27(14-12-22(28)29)24(30)17(2)15-18-4-6-19(7-5-18)16-31-21-10-8-20(9-11-21)23(25)26/h3-11,15H,1,12-14,16H2,2H3,(H3,25,26)(H,28,29)/b17-15+. The van der Waals surface area contributed by atoms with Gasteiger partial charge in [-0.25, -0.2) is 0 Å². The Bertz CT molecular complexity index is 963. The monoisotopic (exact) mass is 421 g/mol. The number of nitrogens with one attached hydrogen (secondary N) is 1. The Morgan fingerprint density at radius 3 is 2.35 bits per heavy atom. The number of nitrogens with zero attached hydrogens (tertiary/aromatic N) is 1. The van der Waals surface area contributed by atoms with Crippen molar-refractivity contribution in [3.63, 3.8) is 0 Å². The van der Waals surface area contributed by atoms with E-state index in [2.05, 4.69) is 6.58 Å². The molecule has 2 rings (SSSR count). The van der Waals surface area contributed by atoms with Gasteiger partial charge in [-0.1, -0.05) is 30.3 Å². The quantitative estimate of drug-likeness (QED) is 0.222. The Hall–Kier alpha value is -3.87. The van der Waals surface area contributed by atoms with E-state index >= 15 is 0 Å². The van der Waals surface area contributed by atoms with Crippen LogP contribution in [0.1, 0.15) is 30.0 Å². The number of carbonyl (C=O) groups excluding carboxylic acids is 1. The van der Waals surface area contributed by atoms with Crippen LogP contribution in [0, 0.1) is 5.41 Å². The number of aliphatic carboxylic acids is 1. The molecule has 0 aliphatic heterocycles. The van der Waals surface area contributed by atoms with Crippen LogP contribution < -0.4 is 10.5 Å². The fraction of sp³-hybridized carbons (Fsp3) is 0.208. The normalized spacial score (nSPS) is 10.9. The lowest BCUT2D eigenvalue weighted by atomic mass is 10.1. The Balaban J connectivity index is 1.98. The van der Waals surface area contributed by atoms with Gasteiger partial charge < -0.3 is 20.5 Å². The summed E-state index contributed by atoms with van der Waals surface area (Å²) in [6, 6.07) is 14.6. The molecule has 2 aromatic rings. The number of nitrogen functional groups attached to an aromatic ring is 1. The second-order valence-corrected chi connectivity index (χ2v) is 6.98. The summed E-state index contributed by atoms with van der Waals surface area (Å²) in [4.78, 5) is 24.9. The minimum absolute atomic E-state index is 0.0125. The molecule has 0 radical (unpaired) electrons. The molecule has 162 valence electrons. The number of carboxylic acid groups (broad SMARTS) is 1. The lowest BCUT2D eigenvalue weighted by molar-refractivity contribution is -0.137. The van der Waals surface area contributed by atoms with Gasteiger partial charge in [-0.3, -0.25) is 15.0 Å². The summed E-state index contributed by atoms with van der Waals surface area (Å²) in [5.74, 6) is -0.476. The molecule has 2 aromatic carbocycles. The van der Waals surface area contributed by atoms with Gasteiger partial charge in [0.15, 0.2) is 0 Å². The number of rotatable bonds is 11. The molecule has 0 heterocycles. The molecule has 0 bridgehead atoms. The van der Waals surface area contributed by atoms with Crippen LogP contribution in [0.25, 0.3) is 6.08 Å². The van der Waals surface area contributed by atoms with Crippen molar-refractivity contribution >= 4 is 23.8 Å². The van der Waals surface area contributed by atoms with E-state index in [4.69, 9.17) is 21.0 Å². The molecule has 0 aliphatic carbocycles. The summed E-state index contributed by atoms with van der Waals surface area (Å²) in [5, 5.41) is 16.3. The molecule has 0 atom stereocenters. The van der Waals surface area contributed by atoms with Crippen LogP contribution in [0.3, 0.4) is 0 Å². The fourth-order valence-electron chi connectivity index (χ4n) is 2.83. The first-order valence-corrected chi connectivity index (χ1v) is 9.76. The van der Waals surface area contributed by atoms with Crippen molar-refractivity contribution in [3.8, 4) is 5.75 Å². The predicted molar refractivity (Wildman–Crippen MR) is 121 cm³/mol. The second kappa shape index (κ2) is 11.3. The van der Waals surface area contributed by atoms with Gasteiger partial charge in [0.25, 0.3) is 0 Å². The minimum atomic E-state index is -0.948. The van der Waals surface area contributed by atoms with Crippen molar-refractivity contribution < 1.29 is 19.4 Å². The molecule has 0 unspecified atom stereocenters. The van der Waals surface area contributed by atoms with Crippen molar-refractivity contribution in [2.45, 2.75) is 20.0 Å². The van der Waals surface area contributed by atoms with E-state index in [0.717, 1.165) is 11.1 Å². The van der Waals surface area contributed by atoms with E-state index in [-0.39, 0.29) is 24.7 Å². The Kier molecular flexibility index (Phi) is 8.57. The van der Waals surface area contributed by atoms with E-state index in [0.29, 0.717) is 30.0 Å². The molecular weight excluding hydrogens is 394 g/mol. The molecule has 7 nitrogen and oxygen atoms in total. The molecule has 0 saturated carbocycles. The number of carbonyl (C=O) groups is 2. The van der Waals surface area contributed by atoms with Crippen LogP contribution >= 0.6 is 0 Å². The highest BCUT2D eigenvalue weighted by Gasteiger charge is 2.15. The third-order valence-electron chi connectivity index (χ3n) is 4.50. The largest absolute Gasteiger partial charge is 0.489 e. The number of hydrogen-bond acceptors (Lipinski definition) is 4. The number of nitrogens with two attached hydrogens (primary N) is 1. The van der Waals surface area contributed by atoms with Crippen molar-refractivity contribution in [3.05, 3.63) is 83.4 Å². The summed E-state index contributed by atoms with van der Waals surface area (Å²) < 4.78 is 5.75. The topological polar surface area (TPSA) is 117 Å². The molecule has 4 N–H and O–H groups in total. The van der Waals surface area contributed by atoms with E-state index in [1.165, 1.54) is 4.90 Å². The highest BCUT2D eigenvalue weighted by molar-refractivity contribution is 5.97. The summed E-state index contributed by atoms with van der Waals surface area (Å²) in [6.07, 6.45) is 3.23. The zero-order valence-electron chi connectivity index (χ0n) is 17.5. The van der Waals surface area contributed by atoms with Crippen LogP contribution in [-0.2, 0) is 16.2 Å². The molecule has 1 amide bonds. The van der Waals surface area contributed by atoms with Gasteiger partial charge in [-0.2, -0.15) is 0 Å². The zero-order valence-corrected chi connectivity index (χ0v) is 17.5. The van der Waals surface area contributed by atoms with E-state index < -0.39 is 5.97 Å². The number of ether oxygens (including phenoxy) is 1. The molecule has 0 fully saturated rings. The van der Waals surface area contributed by atoms with Crippen LogP contribution in [0.5, 0.6) is 5.75 Å². The number of carboxylic acids is 1. The van der Waals surface area contributed by atoms with Gasteiger partial charge in [-0.05, 0) is 48.4 Å². The molecule has 7 heteroatoms. The Morgan fingerprint density at radius 1 is 1.16 bits per heavy atom. The average molecular weight is 421 g/mol. The number of hydrogen-bond donors (Lipinski definition) is 3. The zero-order chi connectivity index (χ0) is 22.8.